The first kappa shape index (κ1) is 14.9. The van der Waals surface area contributed by atoms with E-state index in [0.717, 1.165) is 12.8 Å². The summed E-state index contributed by atoms with van der Waals surface area (Å²) in [6.07, 6.45) is 5.76. The van der Waals surface area contributed by atoms with Crippen LogP contribution in [0, 0.1) is 0 Å². The maximum atomic E-state index is 13.0. The molecule has 0 spiro atoms. The number of ketones is 2. The second-order valence-electron chi connectivity index (χ2n) is 6.64. The van der Waals surface area contributed by atoms with Gasteiger partial charge in [0.05, 0.1) is 16.9 Å². The maximum Gasteiger partial charge on any atom is 0.196 e. The first-order chi connectivity index (χ1) is 11.7. The van der Waals surface area contributed by atoms with Crippen LogP contribution < -0.4 is 11.1 Å². The Labute approximate surface area is 141 Å². The average Bonchev–Trinajstić information content (AvgIpc) is 2.62. The standard InChI is InChI=1S/C20H20N2O2/c21-16-11-10-15-17(18(16)22-12-6-2-1-3-7-12)20(24)14-9-5-4-8-13(14)19(15)23/h4-5,8-12,22H,1-3,6-7,21H2. The Balaban J connectivity index is 1.82. The number of benzene rings is 2. The molecule has 4 heteroatoms. The van der Waals surface area contributed by atoms with E-state index in [1.807, 2.05) is 0 Å². The van der Waals surface area contributed by atoms with E-state index in [-0.39, 0.29) is 11.6 Å². The lowest BCUT2D eigenvalue weighted by Gasteiger charge is -2.28. The lowest BCUT2D eigenvalue weighted by atomic mass is 9.82. The first-order valence-corrected chi connectivity index (χ1v) is 8.54. The van der Waals surface area contributed by atoms with Gasteiger partial charge >= 0.3 is 0 Å². The second kappa shape index (κ2) is 5.78. The molecular formula is C20H20N2O2. The van der Waals surface area contributed by atoms with Gasteiger partial charge in [-0.25, -0.2) is 0 Å². The van der Waals surface area contributed by atoms with E-state index in [9.17, 15) is 9.59 Å². The van der Waals surface area contributed by atoms with Gasteiger partial charge in [-0.15, -0.1) is 0 Å². The van der Waals surface area contributed by atoms with Crippen LogP contribution in [0.2, 0.25) is 0 Å². The molecule has 0 unspecified atom stereocenters. The Morgan fingerprint density at radius 3 is 2.21 bits per heavy atom. The van der Waals surface area contributed by atoms with Gasteiger partial charge in [0, 0.05) is 22.7 Å². The molecule has 24 heavy (non-hydrogen) atoms. The minimum absolute atomic E-state index is 0.105. The number of hydrogen-bond donors (Lipinski definition) is 2. The van der Waals surface area contributed by atoms with E-state index in [2.05, 4.69) is 5.32 Å². The molecule has 0 aromatic heterocycles. The molecule has 0 heterocycles. The van der Waals surface area contributed by atoms with Gasteiger partial charge in [-0.2, -0.15) is 0 Å². The lowest BCUT2D eigenvalue weighted by Crippen LogP contribution is -2.27. The highest BCUT2D eigenvalue weighted by Crippen LogP contribution is 2.36. The van der Waals surface area contributed by atoms with Gasteiger partial charge in [0.1, 0.15) is 0 Å². The Morgan fingerprint density at radius 1 is 0.833 bits per heavy atom. The molecule has 1 fully saturated rings. The van der Waals surface area contributed by atoms with Crippen molar-refractivity contribution in [3.63, 3.8) is 0 Å². The highest BCUT2D eigenvalue weighted by atomic mass is 16.1. The van der Waals surface area contributed by atoms with Crippen molar-refractivity contribution in [3.8, 4) is 0 Å². The van der Waals surface area contributed by atoms with Crippen LogP contribution >= 0.6 is 0 Å². The lowest BCUT2D eigenvalue weighted by molar-refractivity contribution is 0.0979. The molecule has 4 rings (SSSR count). The van der Waals surface area contributed by atoms with Gasteiger partial charge in [-0.1, -0.05) is 43.5 Å². The van der Waals surface area contributed by atoms with Gasteiger partial charge in [0.2, 0.25) is 0 Å². The SMILES string of the molecule is Nc1ccc2c(c1NC1CCCCC1)C(=O)c1ccccc1C2=O. The molecular weight excluding hydrogens is 300 g/mol. The van der Waals surface area contributed by atoms with Gasteiger partial charge in [0.15, 0.2) is 11.6 Å². The largest absolute Gasteiger partial charge is 0.397 e. The summed E-state index contributed by atoms with van der Waals surface area (Å²) in [5.74, 6) is -0.224. The third-order valence-electron chi connectivity index (χ3n) is 5.08. The molecule has 2 aliphatic carbocycles. The van der Waals surface area contributed by atoms with Crippen molar-refractivity contribution in [1.82, 2.24) is 0 Å². The zero-order valence-electron chi connectivity index (χ0n) is 13.5. The van der Waals surface area contributed by atoms with E-state index in [1.165, 1.54) is 19.3 Å². The number of carbonyl (C=O) groups excluding carboxylic acids is 2. The van der Waals surface area contributed by atoms with Crippen LogP contribution in [-0.4, -0.2) is 17.6 Å². The van der Waals surface area contributed by atoms with E-state index in [1.54, 1.807) is 36.4 Å². The molecule has 4 nitrogen and oxygen atoms in total. The van der Waals surface area contributed by atoms with Crippen LogP contribution in [0.25, 0.3) is 0 Å². The average molecular weight is 320 g/mol. The zero-order chi connectivity index (χ0) is 16.7. The summed E-state index contributed by atoms with van der Waals surface area (Å²) in [4.78, 5) is 25.8. The fraction of sp³-hybridized carbons (Fsp3) is 0.300. The topological polar surface area (TPSA) is 72.2 Å². The van der Waals surface area contributed by atoms with Crippen molar-refractivity contribution in [2.45, 2.75) is 38.1 Å². The molecule has 0 saturated heterocycles. The van der Waals surface area contributed by atoms with Crippen LogP contribution in [0.3, 0.4) is 0 Å². The van der Waals surface area contributed by atoms with Crippen molar-refractivity contribution < 1.29 is 9.59 Å². The van der Waals surface area contributed by atoms with Gasteiger partial charge < -0.3 is 11.1 Å². The molecule has 0 atom stereocenters. The van der Waals surface area contributed by atoms with Gasteiger partial charge in [0.25, 0.3) is 0 Å². The molecule has 2 aromatic carbocycles. The molecule has 0 radical (unpaired) electrons. The van der Waals surface area contributed by atoms with Crippen molar-refractivity contribution in [3.05, 3.63) is 58.7 Å². The molecule has 1 saturated carbocycles. The Morgan fingerprint density at radius 2 is 1.50 bits per heavy atom. The quantitative estimate of drug-likeness (QED) is 0.705. The van der Waals surface area contributed by atoms with Crippen LogP contribution in [0.15, 0.2) is 36.4 Å². The molecule has 2 aromatic rings. The molecule has 3 N–H and O–H groups in total. The summed E-state index contributed by atoms with van der Waals surface area (Å²) in [5.41, 5.74) is 9.15. The normalized spacial score (nSPS) is 17.3. The van der Waals surface area contributed by atoms with Crippen LogP contribution in [0.4, 0.5) is 11.4 Å². The fourth-order valence-electron chi connectivity index (χ4n) is 3.81. The summed E-state index contributed by atoms with van der Waals surface area (Å²) in [6.45, 7) is 0. The Kier molecular flexibility index (Phi) is 3.60. The summed E-state index contributed by atoms with van der Waals surface area (Å²) in [5, 5.41) is 3.46. The zero-order valence-corrected chi connectivity index (χ0v) is 13.5. The van der Waals surface area contributed by atoms with E-state index < -0.39 is 0 Å². The summed E-state index contributed by atoms with van der Waals surface area (Å²) in [7, 11) is 0. The number of hydrogen-bond acceptors (Lipinski definition) is 4. The van der Waals surface area contributed by atoms with Crippen molar-refractivity contribution in [2.75, 3.05) is 11.1 Å². The third kappa shape index (κ3) is 2.30. The van der Waals surface area contributed by atoms with Crippen molar-refractivity contribution in [1.29, 1.82) is 0 Å². The minimum atomic E-state index is -0.120. The van der Waals surface area contributed by atoms with E-state index >= 15 is 0 Å². The Hall–Kier alpha value is -2.62. The molecule has 0 amide bonds. The number of rotatable bonds is 2. The van der Waals surface area contributed by atoms with Crippen LogP contribution in [0.1, 0.15) is 63.9 Å². The summed E-state index contributed by atoms with van der Waals surface area (Å²) < 4.78 is 0. The third-order valence-corrected chi connectivity index (χ3v) is 5.08. The molecule has 0 bridgehead atoms. The van der Waals surface area contributed by atoms with E-state index in [0.29, 0.717) is 39.7 Å². The number of nitrogens with two attached hydrogens (primary N) is 1. The molecule has 2 aliphatic rings. The number of fused-ring (bicyclic) bond motifs is 2. The van der Waals surface area contributed by atoms with Crippen molar-refractivity contribution in [2.24, 2.45) is 0 Å². The predicted molar refractivity (Wildman–Crippen MR) is 94.7 cm³/mol. The number of nitrogens with one attached hydrogen (secondary N) is 1. The minimum Gasteiger partial charge on any atom is -0.397 e. The van der Waals surface area contributed by atoms with E-state index in [4.69, 9.17) is 5.73 Å². The maximum absolute atomic E-state index is 13.0. The second-order valence-corrected chi connectivity index (χ2v) is 6.64. The Bertz CT molecular complexity index is 836. The summed E-state index contributed by atoms with van der Waals surface area (Å²) in [6, 6.07) is 10.7. The van der Waals surface area contributed by atoms with Crippen LogP contribution in [0.5, 0.6) is 0 Å². The van der Waals surface area contributed by atoms with Crippen LogP contribution in [-0.2, 0) is 0 Å². The number of anilines is 2. The van der Waals surface area contributed by atoms with Gasteiger partial charge in [-0.3, -0.25) is 9.59 Å². The predicted octanol–water partition coefficient (Wildman–Crippen LogP) is 3.79. The highest BCUT2D eigenvalue weighted by Gasteiger charge is 2.32. The number of nitrogen functional groups attached to an aromatic ring is 1. The molecule has 122 valence electrons. The fourth-order valence-corrected chi connectivity index (χ4v) is 3.81. The highest BCUT2D eigenvalue weighted by molar-refractivity contribution is 6.30. The van der Waals surface area contributed by atoms with Crippen molar-refractivity contribution >= 4 is 22.9 Å². The smallest absolute Gasteiger partial charge is 0.196 e. The summed E-state index contributed by atoms with van der Waals surface area (Å²) >= 11 is 0. The monoisotopic (exact) mass is 320 g/mol. The first-order valence-electron chi connectivity index (χ1n) is 8.54. The molecule has 0 aliphatic heterocycles. The van der Waals surface area contributed by atoms with Gasteiger partial charge in [-0.05, 0) is 25.0 Å². The number of carbonyl (C=O) groups is 2.